The third kappa shape index (κ3) is 2.78. The molecule has 102 valence electrons. The summed E-state index contributed by atoms with van der Waals surface area (Å²) >= 11 is 0. The first-order chi connectivity index (χ1) is 8.99. The molecule has 1 N–H and O–H groups in total. The van der Waals surface area contributed by atoms with Gasteiger partial charge in [-0.3, -0.25) is 9.59 Å². The summed E-state index contributed by atoms with van der Waals surface area (Å²) in [6.45, 7) is 2.03. The van der Waals surface area contributed by atoms with Crippen LogP contribution in [0.4, 0.5) is 5.69 Å². The van der Waals surface area contributed by atoms with Crippen molar-refractivity contribution in [3.63, 3.8) is 0 Å². The summed E-state index contributed by atoms with van der Waals surface area (Å²) < 4.78 is 10.5. The molecule has 1 amide bonds. The summed E-state index contributed by atoms with van der Waals surface area (Å²) in [5.74, 6) is 0.0274. The minimum absolute atomic E-state index is 0.0281. The van der Waals surface area contributed by atoms with Crippen LogP contribution in [-0.4, -0.2) is 30.8 Å². The van der Waals surface area contributed by atoms with Crippen LogP contribution in [0.3, 0.4) is 0 Å². The molecule has 0 atom stereocenters. The number of carbonyl (C=O) groups is 2. The van der Waals surface area contributed by atoms with Crippen LogP contribution >= 0.6 is 0 Å². The van der Waals surface area contributed by atoms with Crippen molar-refractivity contribution in [2.75, 3.05) is 18.7 Å². The van der Waals surface area contributed by atoms with Gasteiger partial charge >= 0.3 is 5.97 Å². The van der Waals surface area contributed by atoms with Crippen LogP contribution in [0.1, 0.15) is 18.4 Å². The second-order valence-electron chi connectivity index (χ2n) is 4.34. The lowest BCUT2D eigenvalue weighted by atomic mass is 10.1. The predicted octanol–water partition coefficient (Wildman–Crippen LogP) is 1.55. The maximum atomic E-state index is 11.9. The van der Waals surface area contributed by atoms with Crippen molar-refractivity contribution >= 4 is 17.6 Å². The maximum Gasteiger partial charge on any atom is 0.303 e. The number of hydrogen-bond donors (Lipinski definition) is 1. The second kappa shape index (κ2) is 5.17. The van der Waals surface area contributed by atoms with E-state index >= 15 is 0 Å². The summed E-state index contributed by atoms with van der Waals surface area (Å²) in [6.07, 6.45) is -0.202. The molecule has 0 aromatic heterocycles. The lowest BCUT2D eigenvalue weighted by Crippen LogP contribution is -2.27. The summed E-state index contributed by atoms with van der Waals surface area (Å²) in [7, 11) is 1.62. The average molecular weight is 265 g/mol. The number of aryl methyl sites for hydroxylation is 1. The number of carboxylic acids is 1. The van der Waals surface area contributed by atoms with Gasteiger partial charge in [0.25, 0.3) is 0 Å². The van der Waals surface area contributed by atoms with Crippen LogP contribution in [0, 0.1) is 6.92 Å². The maximum absolute atomic E-state index is 11.9. The highest BCUT2D eigenvalue weighted by Crippen LogP contribution is 2.37. The fraction of sp³-hybridized carbons (Fsp3) is 0.385. The molecular weight excluding hydrogens is 250 g/mol. The molecule has 0 bridgehead atoms. The van der Waals surface area contributed by atoms with E-state index in [0.29, 0.717) is 17.2 Å². The lowest BCUT2D eigenvalue weighted by molar-refractivity contribution is -0.138. The Balaban J connectivity index is 2.17. The smallest absolute Gasteiger partial charge is 0.303 e. The minimum Gasteiger partial charge on any atom is -0.481 e. The van der Waals surface area contributed by atoms with Crippen LogP contribution < -0.4 is 14.4 Å². The van der Waals surface area contributed by atoms with E-state index in [0.717, 1.165) is 5.56 Å². The molecule has 0 aliphatic carbocycles. The fourth-order valence-electron chi connectivity index (χ4n) is 1.91. The van der Waals surface area contributed by atoms with Crippen molar-refractivity contribution < 1.29 is 24.2 Å². The molecule has 6 nitrogen and oxygen atoms in total. The molecule has 19 heavy (non-hydrogen) atoms. The van der Waals surface area contributed by atoms with Gasteiger partial charge in [-0.25, -0.2) is 0 Å². The molecule has 1 aromatic carbocycles. The third-order valence-electron chi connectivity index (χ3n) is 2.98. The monoisotopic (exact) mass is 265 g/mol. The lowest BCUT2D eigenvalue weighted by Gasteiger charge is -2.19. The minimum atomic E-state index is -0.982. The van der Waals surface area contributed by atoms with Gasteiger partial charge in [0.1, 0.15) is 0 Å². The van der Waals surface area contributed by atoms with E-state index in [-0.39, 0.29) is 25.5 Å². The summed E-state index contributed by atoms with van der Waals surface area (Å²) in [4.78, 5) is 23.8. The molecule has 0 saturated carbocycles. The van der Waals surface area contributed by atoms with E-state index < -0.39 is 5.97 Å². The van der Waals surface area contributed by atoms with Crippen LogP contribution in [0.2, 0.25) is 0 Å². The standard InChI is InChI=1S/C13H15NO5/c1-8-5-10-11(19-7-18-10)6-9(8)14(2)12(15)3-4-13(16)17/h5-6H,3-4,7H2,1-2H3,(H,16,17). The van der Waals surface area contributed by atoms with E-state index in [1.165, 1.54) is 4.90 Å². The molecule has 0 spiro atoms. The number of ether oxygens (including phenoxy) is 2. The number of carbonyl (C=O) groups excluding carboxylic acids is 1. The molecule has 1 aliphatic rings. The first-order valence-corrected chi connectivity index (χ1v) is 5.87. The van der Waals surface area contributed by atoms with Crippen molar-refractivity contribution in [2.24, 2.45) is 0 Å². The number of anilines is 1. The van der Waals surface area contributed by atoms with E-state index in [2.05, 4.69) is 0 Å². The van der Waals surface area contributed by atoms with Gasteiger partial charge in [0.2, 0.25) is 12.7 Å². The van der Waals surface area contributed by atoms with E-state index in [9.17, 15) is 9.59 Å². The molecule has 6 heteroatoms. The zero-order chi connectivity index (χ0) is 14.0. The van der Waals surface area contributed by atoms with Crippen molar-refractivity contribution in [1.29, 1.82) is 0 Å². The van der Waals surface area contributed by atoms with Crippen molar-refractivity contribution in [3.05, 3.63) is 17.7 Å². The van der Waals surface area contributed by atoms with Gasteiger partial charge in [-0.2, -0.15) is 0 Å². The Kier molecular flexibility index (Phi) is 3.59. The van der Waals surface area contributed by atoms with Crippen molar-refractivity contribution in [3.8, 4) is 11.5 Å². The Labute approximate surface area is 110 Å². The molecule has 1 aliphatic heterocycles. The number of fused-ring (bicyclic) bond motifs is 1. The van der Waals surface area contributed by atoms with Crippen LogP contribution in [0.25, 0.3) is 0 Å². The number of rotatable bonds is 4. The van der Waals surface area contributed by atoms with E-state index in [1.54, 1.807) is 19.2 Å². The third-order valence-corrected chi connectivity index (χ3v) is 2.98. The number of benzene rings is 1. The van der Waals surface area contributed by atoms with Gasteiger partial charge in [0, 0.05) is 19.5 Å². The Morgan fingerprint density at radius 2 is 1.89 bits per heavy atom. The Bertz CT molecular complexity index is 526. The normalized spacial score (nSPS) is 12.3. The molecule has 2 rings (SSSR count). The van der Waals surface area contributed by atoms with E-state index in [1.807, 2.05) is 6.92 Å². The molecule has 0 unspecified atom stereocenters. The SMILES string of the molecule is Cc1cc2c(cc1N(C)C(=O)CCC(=O)O)OCO2. The number of carboxylic acid groups (broad SMARTS) is 1. The number of hydrogen-bond acceptors (Lipinski definition) is 4. The Hall–Kier alpha value is -2.24. The topological polar surface area (TPSA) is 76.1 Å². The molecule has 0 saturated heterocycles. The predicted molar refractivity (Wildman–Crippen MR) is 67.6 cm³/mol. The van der Waals surface area contributed by atoms with Crippen LogP contribution in [0.15, 0.2) is 12.1 Å². The number of aliphatic carboxylic acids is 1. The molecular formula is C13H15NO5. The van der Waals surface area contributed by atoms with Gasteiger partial charge in [-0.05, 0) is 18.6 Å². The summed E-state index contributed by atoms with van der Waals surface area (Å²) in [5, 5.41) is 8.59. The van der Waals surface area contributed by atoms with Gasteiger partial charge in [-0.1, -0.05) is 0 Å². The quantitative estimate of drug-likeness (QED) is 0.893. The first-order valence-electron chi connectivity index (χ1n) is 5.87. The van der Waals surface area contributed by atoms with Gasteiger partial charge < -0.3 is 19.5 Å². The van der Waals surface area contributed by atoms with E-state index in [4.69, 9.17) is 14.6 Å². The van der Waals surface area contributed by atoms with Gasteiger partial charge in [-0.15, -0.1) is 0 Å². The highest BCUT2D eigenvalue weighted by atomic mass is 16.7. The zero-order valence-corrected chi connectivity index (χ0v) is 10.8. The fourth-order valence-corrected chi connectivity index (χ4v) is 1.91. The van der Waals surface area contributed by atoms with Crippen molar-refractivity contribution in [1.82, 2.24) is 0 Å². The van der Waals surface area contributed by atoms with Crippen molar-refractivity contribution in [2.45, 2.75) is 19.8 Å². The molecule has 1 heterocycles. The number of amides is 1. The largest absolute Gasteiger partial charge is 0.481 e. The molecule has 1 aromatic rings. The highest BCUT2D eigenvalue weighted by Gasteiger charge is 2.20. The Morgan fingerprint density at radius 3 is 2.53 bits per heavy atom. The Morgan fingerprint density at radius 1 is 1.26 bits per heavy atom. The molecule has 0 radical (unpaired) electrons. The summed E-state index contributed by atoms with van der Waals surface area (Å²) in [5.41, 5.74) is 1.56. The number of nitrogens with zero attached hydrogens (tertiary/aromatic N) is 1. The second-order valence-corrected chi connectivity index (χ2v) is 4.34. The van der Waals surface area contributed by atoms with Gasteiger partial charge in [0.05, 0.1) is 12.1 Å². The highest BCUT2D eigenvalue weighted by molar-refractivity contribution is 5.95. The summed E-state index contributed by atoms with van der Waals surface area (Å²) in [6, 6.07) is 3.54. The first kappa shape index (κ1) is 13.2. The zero-order valence-electron chi connectivity index (χ0n) is 10.8. The average Bonchev–Trinajstić information content (AvgIpc) is 2.80. The van der Waals surface area contributed by atoms with Crippen LogP contribution in [0.5, 0.6) is 11.5 Å². The van der Waals surface area contributed by atoms with Gasteiger partial charge in [0.15, 0.2) is 11.5 Å². The van der Waals surface area contributed by atoms with Crippen LogP contribution in [-0.2, 0) is 9.59 Å². The molecule has 0 fully saturated rings.